The molecule has 0 saturated carbocycles. The Balaban J connectivity index is 1.76. The highest BCUT2D eigenvalue weighted by molar-refractivity contribution is 6.05. The zero-order valence-corrected chi connectivity index (χ0v) is 16.0. The van der Waals surface area contributed by atoms with Crippen molar-refractivity contribution in [2.45, 2.75) is 20.8 Å². The molecule has 0 radical (unpaired) electrons. The first-order valence-electron chi connectivity index (χ1n) is 8.89. The van der Waals surface area contributed by atoms with Crippen LogP contribution < -0.4 is 16.0 Å². The SMILES string of the molecule is CC(=O)Nc1cccc(Nc2cncc(C(=O)Nc3cc(C)ccc3C)c2)c1. The van der Waals surface area contributed by atoms with Crippen LogP contribution in [0.25, 0.3) is 0 Å². The first-order valence-corrected chi connectivity index (χ1v) is 8.89. The highest BCUT2D eigenvalue weighted by Crippen LogP contribution is 2.21. The van der Waals surface area contributed by atoms with E-state index in [9.17, 15) is 9.59 Å². The topological polar surface area (TPSA) is 83.1 Å². The summed E-state index contributed by atoms with van der Waals surface area (Å²) < 4.78 is 0. The van der Waals surface area contributed by atoms with E-state index in [-0.39, 0.29) is 11.8 Å². The summed E-state index contributed by atoms with van der Waals surface area (Å²) in [5.41, 5.74) is 5.45. The third kappa shape index (κ3) is 4.94. The molecule has 2 aromatic carbocycles. The number of nitrogens with zero attached hydrogens (tertiary/aromatic N) is 1. The second-order valence-corrected chi connectivity index (χ2v) is 6.62. The normalized spacial score (nSPS) is 10.2. The van der Waals surface area contributed by atoms with E-state index in [1.54, 1.807) is 18.3 Å². The number of pyridine rings is 1. The maximum atomic E-state index is 12.6. The molecule has 0 spiro atoms. The van der Waals surface area contributed by atoms with Crippen LogP contribution in [0, 0.1) is 13.8 Å². The van der Waals surface area contributed by atoms with Crippen LogP contribution in [-0.4, -0.2) is 16.8 Å². The third-order valence-corrected chi connectivity index (χ3v) is 4.11. The minimum absolute atomic E-state index is 0.135. The van der Waals surface area contributed by atoms with Gasteiger partial charge in [-0.15, -0.1) is 0 Å². The molecule has 0 aliphatic heterocycles. The number of rotatable bonds is 5. The smallest absolute Gasteiger partial charge is 0.257 e. The fraction of sp³-hybridized carbons (Fsp3) is 0.136. The average Bonchev–Trinajstić information content (AvgIpc) is 2.64. The molecule has 3 rings (SSSR count). The average molecular weight is 374 g/mol. The molecule has 2 amide bonds. The number of aryl methyl sites for hydroxylation is 2. The highest BCUT2D eigenvalue weighted by Gasteiger charge is 2.10. The van der Waals surface area contributed by atoms with Crippen molar-refractivity contribution >= 4 is 34.6 Å². The predicted octanol–water partition coefficient (Wildman–Crippen LogP) is 4.65. The number of amides is 2. The summed E-state index contributed by atoms with van der Waals surface area (Å²) in [6.45, 7) is 5.39. The molecule has 0 fully saturated rings. The van der Waals surface area contributed by atoms with Crippen LogP contribution in [0.5, 0.6) is 0 Å². The second-order valence-electron chi connectivity index (χ2n) is 6.62. The molecule has 3 N–H and O–H groups in total. The van der Waals surface area contributed by atoms with Gasteiger partial charge in [0.25, 0.3) is 5.91 Å². The van der Waals surface area contributed by atoms with Gasteiger partial charge in [0.05, 0.1) is 17.4 Å². The summed E-state index contributed by atoms with van der Waals surface area (Å²) in [6, 6.07) is 15.0. The number of carbonyl (C=O) groups is 2. The van der Waals surface area contributed by atoms with E-state index in [0.717, 1.165) is 22.5 Å². The van der Waals surface area contributed by atoms with Crippen molar-refractivity contribution in [3.63, 3.8) is 0 Å². The summed E-state index contributed by atoms with van der Waals surface area (Å²) in [4.78, 5) is 28.0. The molecular formula is C22H22N4O2. The molecule has 6 nitrogen and oxygen atoms in total. The molecule has 3 aromatic rings. The molecule has 0 aliphatic rings. The first kappa shape index (κ1) is 19.1. The third-order valence-electron chi connectivity index (χ3n) is 4.11. The summed E-state index contributed by atoms with van der Waals surface area (Å²) in [6.07, 6.45) is 3.17. The zero-order valence-electron chi connectivity index (χ0n) is 16.0. The molecule has 6 heteroatoms. The standard InChI is InChI=1S/C22H22N4O2/c1-14-7-8-15(2)21(9-14)26-22(28)17-10-20(13-23-12-17)25-19-6-4-5-18(11-19)24-16(3)27/h4-13,25H,1-3H3,(H,24,27)(H,26,28). The number of hydrogen-bond acceptors (Lipinski definition) is 4. The lowest BCUT2D eigenvalue weighted by atomic mass is 10.1. The van der Waals surface area contributed by atoms with Crippen molar-refractivity contribution in [1.82, 2.24) is 4.98 Å². The van der Waals surface area contributed by atoms with Gasteiger partial charge in [-0.3, -0.25) is 14.6 Å². The number of carbonyl (C=O) groups excluding carboxylic acids is 2. The van der Waals surface area contributed by atoms with Gasteiger partial charge in [-0.1, -0.05) is 18.2 Å². The molecule has 0 bridgehead atoms. The molecule has 0 saturated heterocycles. The fourth-order valence-corrected chi connectivity index (χ4v) is 2.74. The molecule has 1 heterocycles. The summed E-state index contributed by atoms with van der Waals surface area (Å²) in [7, 11) is 0. The van der Waals surface area contributed by atoms with Crippen LogP contribution in [0.15, 0.2) is 60.9 Å². The van der Waals surface area contributed by atoms with E-state index in [1.165, 1.54) is 13.1 Å². The van der Waals surface area contributed by atoms with Crippen molar-refractivity contribution < 1.29 is 9.59 Å². The lowest BCUT2D eigenvalue weighted by Gasteiger charge is -2.11. The Bertz CT molecular complexity index is 1030. The van der Waals surface area contributed by atoms with E-state index < -0.39 is 0 Å². The van der Waals surface area contributed by atoms with E-state index in [0.29, 0.717) is 16.9 Å². The molecular weight excluding hydrogens is 352 g/mol. The second kappa shape index (κ2) is 8.35. The number of nitrogens with one attached hydrogen (secondary N) is 3. The molecule has 0 aliphatic carbocycles. The van der Waals surface area contributed by atoms with Crippen LogP contribution in [0.3, 0.4) is 0 Å². The van der Waals surface area contributed by atoms with Gasteiger partial charge in [-0.2, -0.15) is 0 Å². The Morgan fingerprint density at radius 3 is 2.43 bits per heavy atom. The zero-order chi connectivity index (χ0) is 20.1. The van der Waals surface area contributed by atoms with Crippen molar-refractivity contribution in [1.29, 1.82) is 0 Å². The maximum absolute atomic E-state index is 12.6. The van der Waals surface area contributed by atoms with Crippen LogP contribution in [0.4, 0.5) is 22.7 Å². The van der Waals surface area contributed by atoms with Crippen LogP contribution in [0.1, 0.15) is 28.4 Å². The Morgan fingerprint density at radius 2 is 1.64 bits per heavy atom. The molecule has 142 valence electrons. The van der Waals surface area contributed by atoms with Crippen LogP contribution in [0.2, 0.25) is 0 Å². The Morgan fingerprint density at radius 1 is 0.857 bits per heavy atom. The predicted molar refractivity (Wildman–Crippen MR) is 112 cm³/mol. The molecule has 1 aromatic heterocycles. The van der Waals surface area contributed by atoms with E-state index >= 15 is 0 Å². The number of aromatic nitrogens is 1. The van der Waals surface area contributed by atoms with Gasteiger partial charge in [-0.05, 0) is 55.3 Å². The molecule has 0 unspecified atom stereocenters. The van der Waals surface area contributed by atoms with Crippen molar-refractivity contribution in [2.24, 2.45) is 0 Å². The van der Waals surface area contributed by atoms with Gasteiger partial charge in [0.2, 0.25) is 5.91 Å². The minimum atomic E-state index is -0.225. The first-order chi connectivity index (χ1) is 13.4. The van der Waals surface area contributed by atoms with E-state index in [2.05, 4.69) is 20.9 Å². The molecule has 28 heavy (non-hydrogen) atoms. The van der Waals surface area contributed by atoms with Gasteiger partial charge < -0.3 is 16.0 Å². The van der Waals surface area contributed by atoms with Crippen LogP contribution in [-0.2, 0) is 4.79 Å². The summed E-state index contributed by atoms with van der Waals surface area (Å²) >= 11 is 0. The van der Waals surface area contributed by atoms with Crippen molar-refractivity contribution in [2.75, 3.05) is 16.0 Å². The van der Waals surface area contributed by atoms with Gasteiger partial charge in [-0.25, -0.2) is 0 Å². The van der Waals surface area contributed by atoms with Crippen molar-refractivity contribution in [3.8, 4) is 0 Å². The largest absolute Gasteiger partial charge is 0.354 e. The van der Waals surface area contributed by atoms with Gasteiger partial charge >= 0.3 is 0 Å². The fourth-order valence-electron chi connectivity index (χ4n) is 2.74. The Kier molecular flexibility index (Phi) is 5.69. The lowest BCUT2D eigenvalue weighted by molar-refractivity contribution is -0.114. The Hall–Kier alpha value is -3.67. The highest BCUT2D eigenvalue weighted by atomic mass is 16.2. The Labute approximate surface area is 164 Å². The minimum Gasteiger partial charge on any atom is -0.354 e. The van der Waals surface area contributed by atoms with Gasteiger partial charge in [0, 0.05) is 30.2 Å². The summed E-state index contributed by atoms with van der Waals surface area (Å²) in [5, 5.41) is 8.88. The van der Waals surface area contributed by atoms with E-state index in [1.807, 2.05) is 50.2 Å². The van der Waals surface area contributed by atoms with Gasteiger partial charge in [0.1, 0.15) is 0 Å². The summed E-state index contributed by atoms with van der Waals surface area (Å²) in [5.74, 6) is -0.360. The number of hydrogen-bond donors (Lipinski definition) is 3. The van der Waals surface area contributed by atoms with Crippen LogP contribution >= 0.6 is 0 Å². The monoisotopic (exact) mass is 374 g/mol. The lowest BCUT2D eigenvalue weighted by Crippen LogP contribution is -2.13. The quantitative estimate of drug-likeness (QED) is 0.607. The number of benzene rings is 2. The van der Waals surface area contributed by atoms with E-state index in [4.69, 9.17) is 0 Å². The van der Waals surface area contributed by atoms with Crippen molar-refractivity contribution in [3.05, 3.63) is 77.6 Å². The van der Waals surface area contributed by atoms with Gasteiger partial charge in [0.15, 0.2) is 0 Å². The number of anilines is 4. The maximum Gasteiger partial charge on any atom is 0.257 e. The molecule has 0 atom stereocenters.